The number of fused-ring (bicyclic) bond motifs is 1. The Bertz CT molecular complexity index is 633. The van der Waals surface area contributed by atoms with Gasteiger partial charge in [-0.15, -0.1) is 0 Å². The molecular formula is C15H18ClN3. The number of benzene rings is 1. The highest BCUT2D eigenvalue weighted by atomic mass is 35.5. The molecule has 2 N–H and O–H groups in total. The zero-order valence-corrected chi connectivity index (χ0v) is 11.7. The van der Waals surface area contributed by atoms with Crippen molar-refractivity contribution in [1.82, 2.24) is 9.55 Å². The molecule has 0 bridgehead atoms. The molecule has 1 aromatic heterocycles. The minimum Gasteiger partial charge on any atom is -0.329 e. The predicted octanol–water partition coefficient (Wildman–Crippen LogP) is 3.41. The van der Waals surface area contributed by atoms with E-state index in [0.29, 0.717) is 12.6 Å². The van der Waals surface area contributed by atoms with Crippen molar-refractivity contribution >= 4 is 22.6 Å². The summed E-state index contributed by atoms with van der Waals surface area (Å²) in [6.07, 6.45) is 6.07. The van der Waals surface area contributed by atoms with Crippen molar-refractivity contribution in [1.29, 1.82) is 0 Å². The molecule has 4 heteroatoms. The first-order valence-electron chi connectivity index (χ1n) is 7.12. The van der Waals surface area contributed by atoms with E-state index < -0.39 is 0 Å². The number of nitrogens with zero attached hydrogens (tertiary/aromatic N) is 2. The summed E-state index contributed by atoms with van der Waals surface area (Å²) in [5.41, 5.74) is 8.30. The summed E-state index contributed by atoms with van der Waals surface area (Å²) >= 11 is 6.41. The van der Waals surface area contributed by atoms with Gasteiger partial charge >= 0.3 is 0 Å². The molecule has 4 rings (SSSR count). The Morgan fingerprint density at radius 1 is 1.37 bits per heavy atom. The molecule has 19 heavy (non-hydrogen) atoms. The van der Waals surface area contributed by atoms with Crippen LogP contribution in [0.3, 0.4) is 0 Å². The fraction of sp³-hybridized carbons (Fsp3) is 0.533. The average molecular weight is 276 g/mol. The van der Waals surface area contributed by atoms with Gasteiger partial charge in [-0.25, -0.2) is 4.98 Å². The second kappa shape index (κ2) is 3.97. The van der Waals surface area contributed by atoms with Crippen LogP contribution in [0, 0.1) is 0 Å². The van der Waals surface area contributed by atoms with E-state index in [1.807, 2.05) is 12.1 Å². The van der Waals surface area contributed by atoms with Gasteiger partial charge in [0.05, 0.1) is 16.1 Å². The number of hydrogen-bond donors (Lipinski definition) is 1. The zero-order chi connectivity index (χ0) is 13.0. The van der Waals surface area contributed by atoms with Crippen molar-refractivity contribution in [2.45, 2.75) is 43.6 Å². The molecule has 1 aromatic carbocycles. The van der Waals surface area contributed by atoms with Gasteiger partial charge in [0.2, 0.25) is 0 Å². The number of hydrogen-bond acceptors (Lipinski definition) is 2. The van der Waals surface area contributed by atoms with E-state index in [-0.39, 0.29) is 5.41 Å². The first kappa shape index (κ1) is 11.7. The molecule has 0 aliphatic heterocycles. The van der Waals surface area contributed by atoms with Crippen LogP contribution >= 0.6 is 11.6 Å². The van der Waals surface area contributed by atoms with Gasteiger partial charge < -0.3 is 10.3 Å². The molecule has 2 fully saturated rings. The Kier molecular flexibility index (Phi) is 2.45. The molecule has 0 atom stereocenters. The molecule has 0 saturated heterocycles. The van der Waals surface area contributed by atoms with E-state index in [1.165, 1.54) is 25.1 Å². The van der Waals surface area contributed by atoms with Gasteiger partial charge in [-0.1, -0.05) is 24.1 Å². The number of halogens is 1. The second-order valence-corrected chi connectivity index (χ2v) is 6.39. The first-order chi connectivity index (χ1) is 9.25. The van der Waals surface area contributed by atoms with Crippen molar-refractivity contribution in [2.24, 2.45) is 5.73 Å². The highest BCUT2D eigenvalue weighted by Crippen LogP contribution is 2.48. The van der Waals surface area contributed by atoms with Gasteiger partial charge in [0.25, 0.3) is 0 Å². The first-order valence-corrected chi connectivity index (χ1v) is 7.50. The lowest BCUT2D eigenvalue weighted by Crippen LogP contribution is -2.43. The molecule has 2 aliphatic carbocycles. The topological polar surface area (TPSA) is 43.8 Å². The summed E-state index contributed by atoms with van der Waals surface area (Å²) in [7, 11) is 0. The van der Waals surface area contributed by atoms with E-state index in [4.69, 9.17) is 22.3 Å². The lowest BCUT2D eigenvalue weighted by Gasteiger charge is -2.40. The molecule has 0 amide bonds. The minimum absolute atomic E-state index is 0.102. The van der Waals surface area contributed by atoms with E-state index in [9.17, 15) is 0 Å². The van der Waals surface area contributed by atoms with Gasteiger partial charge in [-0.05, 0) is 37.8 Å². The van der Waals surface area contributed by atoms with E-state index in [1.54, 1.807) is 0 Å². The van der Waals surface area contributed by atoms with Crippen molar-refractivity contribution in [2.75, 3.05) is 6.54 Å². The predicted molar refractivity (Wildman–Crippen MR) is 77.6 cm³/mol. The van der Waals surface area contributed by atoms with Gasteiger partial charge in [0.15, 0.2) is 0 Å². The van der Waals surface area contributed by atoms with Crippen LogP contribution in [0.1, 0.15) is 44.0 Å². The maximum Gasteiger partial charge on any atom is 0.117 e. The van der Waals surface area contributed by atoms with Crippen LogP contribution in [0.5, 0.6) is 0 Å². The van der Waals surface area contributed by atoms with E-state index in [2.05, 4.69) is 10.6 Å². The fourth-order valence-corrected chi connectivity index (χ4v) is 3.55. The van der Waals surface area contributed by atoms with Crippen molar-refractivity contribution in [3.05, 3.63) is 29.0 Å². The molecule has 3 nitrogen and oxygen atoms in total. The SMILES string of the molecule is NCC1(c2nc3cccc(Cl)c3n2C2CC2)CCC1. The summed E-state index contributed by atoms with van der Waals surface area (Å²) in [5.74, 6) is 1.19. The highest BCUT2D eigenvalue weighted by molar-refractivity contribution is 6.35. The molecule has 0 unspecified atom stereocenters. The van der Waals surface area contributed by atoms with Gasteiger partial charge in [-0.3, -0.25) is 0 Å². The lowest BCUT2D eigenvalue weighted by atomic mass is 9.68. The van der Waals surface area contributed by atoms with E-state index in [0.717, 1.165) is 28.9 Å². The molecule has 0 spiro atoms. The molecule has 0 radical (unpaired) electrons. The summed E-state index contributed by atoms with van der Waals surface area (Å²) < 4.78 is 2.39. The number of nitrogens with two attached hydrogens (primary N) is 1. The Labute approximate surface area is 117 Å². The third kappa shape index (κ3) is 1.58. The molecule has 1 heterocycles. The Morgan fingerprint density at radius 3 is 2.74 bits per heavy atom. The van der Waals surface area contributed by atoms with Gasteiger partial charge in [0.1, 0.15) is 5.82 Å². The quantitative estimate of drug-likeness (QED) is 0.933. The molecule has 100 valence electrons. The fourth-order valence-electron chi connectivity index (χ4n) is 3.29. The Balaban J connectivity index is 2.00. The standard InChI is InChI=1S/C15H18ClN3/c16-11-3-1-4-12-13(11)19(10-5-6-10)14(18-12)15(9-17)7-2-8-15/h1,3-4,10H,2,5-9,17H2. The van der Waals surface area contributed by atoms with E-state index >= 15 is 0 Å². The maximum absolute atomic E-state index is 6.41. The summed E-state index contributed by atoms with van der Waals surface area (Å²) in [6, 6.07) is 6.59. The Morgan fingerprint density at radius 2 is 2.16 bits per heavy atom. The summed E-state index contributed by atoms with van der Waals surface area (Å²) in [6.45, 7) is 0.695. The van der Waals surface area contributed by atoms with Crippen molar-refractivity contribution < 1.29 is 0 Å². The van der Waals surface area contributed by atoms with Crippen LogP contribution in [0.2, 0.25) is 5.02 Å². The normalized spacial score (nSPS) is 21.6. The smallest absolute Gasteiger partial charge is 0.117 e. The number of imidazole rings is 1. The van der Waals surface area contributed by atoms with Gasteiger partial charge in [-0.2, -0.15) is 0 Å². The van der Waals surface area contributed by atoms with Gasteiger partial charge in [0, 0.05) is 18.0 Å². The lowest BCUT2D eigenvalue weighted by molar-refractivity contribution is 0.231. The van der Waals surface area contributed by atoms with Crippen LogP contribution in [-0.2, 0) is 5.41 Å². The van der Waals surface area contributed by atoms with Crippen molar-refractivity contribution in [3.63, 3.8) is 0 Å². The van der Waals surface area contributed by atoms with Crippen LogP contribution in [0.4, 0.5) is 0 Å². The monoisotopic (exact) mass is 275 g/mol. The van der Waals surface area contributed by atoms with Crippen molar-refractivity contribution in [3.8, 4) is 0 Å². The summed E-state index contributed by atoms with van der Waals surface area (Å²) in [4.78, 5) is 4.90. The van der Waals surface area contributed by atoms with Crippen LogP contribution < -0.4 is 5.73 Å². The minimum atomic E-state index is 0.102. The van der Waals surface area contributed by atoms with Crippen LogP contribution in [-0.4, -0.2) is 16.1 Å². The maximum atomic E-state index is 6.41. The number of rotatable bonds is 3. The Hall–Kier alpha value is -1.06. The largest absolute Gasteiger partial charge is 0.329 e. The molecular weight excluding hydrogens is 258 g/mol. The second-order valence-electron chi connectivity index (χ2n) is 5.98. The highest BCUT2D eigenvalue weighted by Gasteiger charge is 2.44. The third-order valence-electron chi connectivity index (χ3n) is 4.75. The average Bonchev–Trinajstić information content (AvgIpc) is 3.11. The molecule has 2 aliphatic rings. The zero-order valence-electron chi connectivity index (χ0n) is 10.9. The number of aromatic nitrogens is 2. The summed E-state index contributed by atoms with van der Waals surface area (Å²) in [5, 5.41) is 0.814. The van der Waals surface area contributed by atoms with Crippen LogP contribution in [0.15, 0.2) is 18.2 Å². The number of para-hydroxylation sites is 1. The molecule has 2 saturated carbocycles. The van der Waals surface area contributed by atoms with Crippen LogP contribution in [0.25, 0.3) is 11.0 Å². The third-order valence-corrected chi connectivity index (χ3v) is 5.05. The molecule has 2 aromatic rings.